The van der Waals surface area contributed by atoms with Gasteiger partial charge in [0.25, 0.3) is 0 Å². The Morgan fingerprint density at radius 2 is 2.05 bits per heavy atom. The zero-order valence-corrected chi connectivity index (χ0v) is 13.7. The second-order valence-corrected chi connectivity index (χ2v) is 6.51. The van der Waals surface area contributed by atoms with Gasteiger partial charge in [0.1, 0.15) is 5.60 Å². The molecular weight excluding hydrogens is 270 g/mol. The van der Waals surface area contributed by atoms with Crippen LogP contribution in [0.5, 0.6) is 0 Å². The Hall–Kier alpha value is -1.30. The van der Waals surface area contributed by atoms with E-state index in [0.717, 1.165) is 32.4 Å². The van der Waals surface area contributed by atoms with Crippen molar-refractivity contribution in [3.05, 3.63) is 0 Å². The highest BCUT2D eigenvalue weighted by molar-refractivity contribution is 5.72. The maximum Gasteiger partial charge on any atom is 0.410 e. The first kappa shape index (κ1) is 17.8. The average Bonchev–Trinajstić information content (AvgIpc) is 2.36. The van der Waals surface area contributed by atoms with E-state index < -0.39 is 5.60 Å². The number of unbranched alkanes of at least 4 members (excludes halogenated alkanes) is 1. The van der Waals surface area contributed by atoms with Crippen molar-refractivity contribution in [2.45, 2.75) is 58.6 Å². The lowest BCUT2D eigenvalue weighted by atomic mass is 10.1. The Labute approximate surface area is 127 Å². The van der Waals surface area contributed by atoms with Gasteiger partial charge in [-0.2, -0.15) is 0 Å². The van der Waals surface area contributed by atoms with Crippen molar-refractivity contribution in [1.82, 2.24) is 15.5 Å². The van der Waals surface area contributed by atoms with Crippen LogP contribution in [0.25, 0.3) is 0 Å². The first-order valence-corrected chi connectivity index (χ1v) is 7.74. The predicted octanol–water partition coefficient (Wildman–Crippen LogP) is 1.50. The summed E-state index contributed by atoms with van der Waals surface area (Å²) in [5.74, 6) is 0.00437. The molecule has 1 rings (SSSR count). The number of rotatable bonds is 5. The topological polar surface area (TPSA) is 70.7 Å². The number of piperazine rings is 1. The number of carbonyl (C=O) groups is 2. The van der Waals surface area contributed by atoms with Crippen LogP contribution in [0.2, 0.25) is 0 Å². The SMILES string of the molecule is CC(=O)NCCCC[C@H]1CNCCN1C(=O)OC(C)(C)C. The molecule has 1 saturated heterocycles. The number of ether oxygens (including phenoxy) is 1. The molecule has 0 spiro atoms. The number of hydrogen-bond acceptors (Lipinski definition) is 4. The lowest BCUT2D eigenvalue weighted by molar-refractivity contribution is -0.118. The summed E-state index contributed by atoms with van der Waals surface area (Å²) in [5.41, 5.74) is -0.460. The lowest BCUT2D eigenvalue weighted by Gasteiger charge is -2.37. The molecule has 0 unspecified atom stereocenters. The number of carbonyl (C=O) groups excluding carboxylic acids is 2. The van der Waals surface area contributed by atoms with E-state index in [9.17, 15) is 9.59 Å². The third-order valence-electron chi connectivity index (χ3n) is 3.32. The average molecular weight is 299 g/mol. The summed E-state index contributed by atoms with van der Waals surface area (Å²) in [6.07, 6.45) is 2.60. The van der Waals surface area contributed by atoms with Gasteiger partial charge >= 0.3 is 6.09 Å². The van der Waals surface area contributed by atoms with Gasteiger partial charge in [-0.3, -0.25) is 4.79 Å². The molecule has 1 aliphatic heterocycles. The van der Waals surface area contributed by atoms with E-state index >= 15 is 0 Å². The zero-order chi connectivity index (χ0) is 15.9. The van der Waals surface area contributed by atoms with Crippen LogP contribution in [0.3, 0.4) is 0 Å². The molecule has 6 nitrogen and oxygen atoms in total. The molecule has 0 bridgehead atoms. The molecule has 0 aliphatic carbocycles. The van der Waals surface area contributed by atoms with Crippen molar-refractivity contribution in [2.24, 2.45) is 0 Å². The molecule has 1 aliphatic rings. The Bertz CT molecular complexity index is 353. The highest BCUT2D eigenvalue weighted by atomic mass is 16.6. The molecular formula is C15H29N3O3. The standard InChI is InChI=1S/C15H29N3O3/c1-12(19)17-8-6-5-7-13-11-16-9-10-18(13)14(20)21-15(2,3)4/h13,16H,5-11H2,1-4H3,(H,17,19)/t13-/m0/s1. The van der Waals surface area contributed by atoms with Crippen molar-refractivity contribution in [3.8, 4) is 0 Å². The van der Waals surface area contributed by atoms with Gasteiger partial charge in [0.05, 0.1) is 0 Å². The van der Waals surface area contributed by atoms with Crippen molar-refractivity contribution in [3.63, 3.8) is 0 Å². The lowest BCUT2D eigenvalue weighted by Crippen LogP contribution is -2.54. The van der Waals surface area contributed by atoms with Crippen LogP contribution < -0.4 is 10.6 Å². The van der Waals surface area contributed by atoms with Crippen LogP contribution in [0.15, 0.2) is 0 Å². The zero-order valence-electron chi connectivity index (χ0n) is 13.7. The van der Waals surface area contributed by atoms with Crippen molar-refractivity contribution < 1.29 is 14.3 Å². The first-order chi connectivity index (χ1) is 9.79. The van der Waals surface area contributed by atoms with E-state index in [-0.39, 0.29) is 18.0 Å². The fraction of sp³-hybridized carbons (Fsp3) is 0.867. The van der Waals surface area contributed by atoms with E-state index in [0.29, 0.717) is 13.1 Å². The summed E-state index contributed by atoms with van der Waals surface area (Å²) < 4.78 is 5.47. The summed E-state index contributed by atoms with van der Waals surface area (Å²) in [6.45, 7) is 10.2. The normalized spacial score (nSPS) is 19.2. The van der Waals surface area contributed by atoms with Crippen LogP contribution in [-0.4, -0.2) is 54.7 Å². The molecule has 1 heterocycles. The van der Waals surface area contributed by atoms with Gasteiger partial charge in [0.2, 0.25) is 5.91 Å². The van der Waals surface area contributed by atoms with Crippen LogP contribution in [0, 0.1) is 0 Å². The van der Waals surface area contributed by atoms with Gasteiger partial charge < -0.3 is 20.3 Å². The summed E-state index contributed by atoms with van der Waals surface area (Å²) in [6, 6.07) is 0.172. The minimum Gasteiger partial charge on any atom is -0.444 e. The number of amides is 2. The third kappa shape index (κ3) is 7.32. The van der Waals surface area contributed by atoms with E-state index in [1.165, 1.54) is 6.92 Å². The van der Waals surface area contributed by atoms with Crippen molar-refractivity contribution >= 4 is 12.0 Å². The molecule has 0 aromatic rings. The Morgan fingerprint density at radius 3 is 2.67 bits per heavy atom. The second-order valence-electron chi connectivity index (χ2n) is 6.51. The van der Waals surface area contributed by atoms with Crippen molar-refractivity contribution in [1.29, 1.82) is 0 Å². The summed E-state index contributed by atoms with van der Waals surface area (Å²) in [7, 11) is 0. The van der Waals surface area contributed by atoms with Gasteiger partial charge in [0, 0.05) is 39.1 Å². The van der Waals surface area contributed by atoms with Gasteiger partial charge in [-0.05, 0) is 40.0 Å². The molecule has 0 saturated carbocycles. The molecule has 0 aromatic carbocycles. The predicted molar refractivity (Wildman–Crippen MR) is 82.1 cm³/mol. The maximum absolute atomic E-state index is 12.2. The fourth-order valence-corrected chi connectivity index (χ4v) is 2.35. The molecule has 1 fully saturated rings. The Kier molecular flexibility index (Phi) is 6.95. The number of nitrogens with zero attached hydrogens (tertiary/aromatic N) is 1. The smallest absolute Gasteiger partial charge is 0.410 e. The van der Waals surface area contributed by atoms with Crippen LogP contribution in [0.1, 0.15) is 47.0 Å². The maximum atomic E-state index is 12.2. The monoisotopic (exact) mass is 299 g/mol. The molecule has 1 atom stereocenters. The van der Waals surface area contributed by atoms with E-state index in [1.807, 2.05) is 25.7 Å². The first-order valence-electron chi connectivity index (χ1n) is 7.74. The largest absolute Gasteiger partial charge is 0.444 e. The Balaban J connectivity index is 2.38. The van der Waals surface area contributed by atoms with Gasteiger partial charge in [-0.25, -0.2) is 4.79 Å². The molecule has 21 heavy (non-hydrogen) atoms. The highest BCUT2D eigenvalue weighted by Gasteiger charge is 2.29. The Morgan fingerprint density at radius 1 is 1.33 bits per heavy atom. The van der Waals surface area contributed by atoms with Crippen LogP contribution >= 0.6 is 0 Å². The highest BCUT2D eigenvalue weighted by Crippen LogP contribution is 2.16. The van der Waals surface area contributed by atoms with Crippen LogP contribution in [-0.2, 0) is 9.53 Å². The summed E-state index contributed by atoms with van der Waals surface area (Å²) in [4.78, 5) is 24.8. The van der Waals surface area contributed by atoms with E-state index in [1.54, 1.807) is 0 Å². The van der Waals surface area contributed by atoms with Gasteiger partial charge in [-0.15, -0.1) is 0 Å². The number of nitrogens with one attached hydrogen (secondary N) is 2. The second kappa shape index (κ2) is 8.22. The van der Waals surface area contributed by atoms with Crippen LogP contribution in [0.4, 0.5) is 4.79 Å². The summed E-state index contributed by atoms with van der Waals surface area (Å²) in [5, 5.41) is 6.11. The minimum absolute atomic E-state index is 0.00437. The van der Waals surface area contributed by atoms with E-state index in [2.05, 4.69) is 10.6 Å². The molecule has 2 N–H and O–H groups in total. The molecule has 6 heteroatoms. The third-order valence-corrected chi connectivity index (χ3v) is 3.32. The number of hydrogen-bond donors (Lipinski definition) is 2. The molecule has 122 valence electrons. The summed E-state index contributed by atoms with van der Waals surface area (Å²) >= 11 is 0. The minimum atomic E-state index is -0.460. The van der Waals surface area contributed by atoms with E-state index in [4.69, 9.17) is 4.74 Å². The molecule has 2 amide bonds. The quantitative estimate of drug-likeness (QED) is 0.755. The van der Waals surface area contributed by atoms with Gasteiger partial charge in [0.15, 0.2) is 0 Å². The molecule has 0 aromatic heterocycles. The molecule has 0 radical (unpaired) electrons. The van der Waals surface area contributed by atoms with Crippen molar-refractivity contribution in [2.75, 3.05) is 26.2 Å². The fourth-order valence-electron chi connectivity index (χ4n) is 2.35. The van der Waals surface area contributed by atoms with Gasteiger partial charge in [-0.1, -0.05) is 0 Å².